The Hall–Kier alpha value is -7.42. The zero-order valence-corrected chi connectivity index (χ0v) is 30.2. The molecule has 0 aliphatic carbocycles. The van der Waals surface area contributed by atoms with Crippen molar-refractivity contribution in [2.45, 2.75) is 0 Å². The molecule has 0 aliphatic heterocycles. The van der Waals surface area contributed by atoms with Crippen LogP contribution in [0.2, 0.25) is 0 Å². The first-order valence-corrected chi connectivity index (χ1v) is 18.5. The number of para-hydroxylation sites is 2. The predicted molar refractivity (Wildman–Crippen MR) is 237 cm³/mol. The molecule has 0 bridgehead atoms. The van der Waals surface area contributed by atoms with E-state index in [0.29, 0.717) is 16.8 Å². The van der Waals surface area contributed by atoms with Gasteiger partial charge < -0.3 is 9.47 Å². The van der Waals surface area contributed by atoms with Crippen LogP contribution in [0.25, 0.3) is 72.0 Å². The van der Waals surface area contributed by atoms with Gasteiger partial charge in [0, 0.05) is 33.5 Å². The summed E-state index contributed by atoms with van der Waals surface area (Å²) in [6, 6.07) is 55.4. The van der Waals surface area contributed by atoms with Crippen molar-refractivity contribution in [3.05, 3.63) is 230 Å². The highest BCUT2D eigenvalue weighted by atomic mass is 15.1. The van der Waals surface area contributed by atoms with Crippen LogP contribution < -0.4 is 4.90 Å². The van der Waals surface area contributed by atoms with Crippen molar-refractivity contribution < 1.29 is 11.0 Å². The Labute approximate surface area is 339 Å². The Bertz CT molecular complexity index is 3260. The number of anilines is 3. The molecule has 1 heterocycles. The minimum Gasteiger partial charge on any atom is -0.310 e. The van der Waals surface area contributed by atoms with Gasteiger partial charge in [0.1, 0.15) is 0 Å². The molecule has 0 radical (unpaired) electrons. The van der Waals surface area contributed by atoms with Crippen molar-refractivity contribution in [3.63, 3.8) is 0 Å². The third-order valence-corrected chi connectivity index (χ3v) is 10.1. The van der Waals surface area contributed by atoms with Crippen LogP contribution in [0.4, 0.5) is 17.1 Å². The topological polar surface area (TPSA) is 8.17 Å². The van der Waals surface area contributed by atoms with Gasteiger partial charge in [0.25, 0.3) is 0 Å². The molecule has 9 aromatic carbocycles. The number of rotatable bonds is 8. The Morgan fingerprint density at radius 1 is 0.339 bits per heavy atom. The Morgan fingerprint density at radius 2 is 0.821 bits per heavy atom. The fourth-order valence-corrected chi connectivity index (χ4v) is 7.51. The van der Waals surface area contributed by atoms with E-state index in [9.17, 15) is 11.0 Å². The van der Waals surface area contributed by atoms with Gasteiger partial charge in [0.05, 0.1) is 22.0 Å². The Kier molecular flexibility index (Phi) is 6.59. The van der Waals surface area contributed by atoms with Crippen LogP contribution in [0.5, 0.6) is 0 Å². The minimum atomic E-state index is -0.390. The summed E-state index contributed by atoms with van der Waals surface area (Å²) < 4.78 is 77.0. The summed E-state index contributed by atoms with van der Waals surface area (Å²) >= 11 is 0. The van der Waals surface area contributed by atoms with Crippen molar-refractivity contribution in [1.29, 1.82) is 0 Å². The van der Waals surface area contributed by atoms with Crippen LogP contribution in [-0.2, 0) is 0 Å². The third-order valence-electron chi connectivity index (χ3n) is 10.1. The number of nitrogens with zero attached hydrogens (tertiary/aromatic N) is 2. The van der Waals surface area contributed by atoms with E-state index in [1.807, 2.05) is 60.7 Å². The maximum atomic E-state index is 9.45. The van der Waals surface area contributed by atoms with Crippen LogP contribution in [0.3, 0.4) is 0 Å². The maximum absolute atomic E-state index is 9.45. The first-order valence-electron chi connectivity index (χ1n) is 22.5. The van der Waals surface area contributed by atoms with E-state index in [-0.39, 0.29) is 70.8 Å². The average molecular weight is 723 g/mol. The van der Waals surface area contributed by atoms with Crippen LogP contribution in [0.15, 0.2) is 230 Å². The van der Waals surface area contributed by atoms with E-state index in [0.717, 1.165) is 49.7 Å². The van der Waals surface area contributed by atoms with Crippen LogP contribution in [0.1, 0.15) is 11.0 Å². The molecule has 264 valence electrons. The molecule has 1 aromatic heterocycles. The molecular formula is C54H38N2. The summed E-state index contributed by atoms with van der Waals surface area (Å²) in [6.07, 6.45) is 0. The summed E-state index contributed by atoms with van der Waals surface area (Å²) in [7, 11) is 0. The van der Waals surface area contributed by atoms with Gasteiger partial charge in [0.2, 0.25) is 0 Å². The minimum absolute atomic E-state index is 0.116. The van der Waals surface area contributed by atoms with Gasteiger partial charge in [0.15, 0.2) is 0 Å². The quantitative estimate of drug-likeness (QED) is 0.152. The lowest BCUT2D eigenvalue weighted by Crippen LogP contribution is -2.10. The lowest BCUT2D eigenvalue weighted by Gasteiger charge is -2.26. The molecular weight excluding hydrogens is 677 g/mol. The second-order valence-corrected chi connectivity index (χ2v) is 13.5. The Balaban J connectivity index is 1.17. The van der Waals surface area contributed by atoms with E-state index in [2.05, 4.69) is 71.3 Å². The normalized spacial score (nSPS) is 13.2. The van der Waals surface area contributed by atoms with Crippen molar-refractivity contribution in [1.82, 2.24) is 4.57 Å². The number of benzene rings is 9. The van der Waals surface area contributed by atoms with Gasteiger partial charge >= 0.3 is 0 Å². The summed E-state index contributed by atoms with van der Waals surface area (Å²) in [5.74, 6) is 0. The summed E-state index contributed by atoms with van der Waals surface area (Å²) in [5.41, 5.74) is 8.04. The van der Waals surface area contributed by atoms with Gasteiger partial charge in [-0.1, -0.05) is 164 Å². The predicted octanol–water partition coefficient (Wildman–Crippen LogP) is 14.9. The summed E-state index contributed by atoms with van der Waals surface area (Å²) in [4.78, 5) is 1.36. The fraction of sp³-hybridized carbons (Fsp3) is 0. The Morgan fingerprint density at radius 3 is 1.46 bits per heavy atom. The van der Waals surface area contributed by atoms with Crippen LogP contribution >= 0.6 is 0 Å². The van der Waals surface area contributed by atoms with Crippen LogP contribution in [-0.4, -0.2) is 4.57 Å². The van der Waals surface area contributed by atoms with Gasteiger partial charge in [-0.05, 0) is 111 Å². The molecule has 0 unspecified atom stereocenters. The highest BCUT2D eigenvalue weighted by Crippen LogP contribution is 2.41. The smallest absolute Gasteiger partial charge is 0.0645 e. The lowest BCUT2D eigenvalue weighted by atomic mass is 9.95. The SMILES string of the molecule is [2H]c1c([2H])c(N(c2cccc(-c3cccc(-c4cccc5c4c4ccccc4n5-c4ccccc4)c3)c2)c2c([2H])c([2H])c(-c3ccccc3)c([2H])c2[2H])c([2H])c([2H])c1-c1ccccc1. The van der Waals surface area contributed by atoms with E-state index in [4.69, 9.17) is 0 Å². The highest BCUT2D eigenvalue weighted by Gasteiger charge is 2.18. The van der Waals surface area contributed by atoms with Gasteiger partial charge in [-0.3, -0.25) is 0 Å². The average Bonchev–Trinajstić information content (AvgIpc) is 3.68. The van der Waals surface area contributed by atoms with Crippen LogP contribution in [0, 0.1) is 0 Å². The van der Waals surface area contributed by atoms with Gasteiger partial charge in [-0.15, -0.1) is 0 Å². The molecule has 0 saturated carbocycles. The lowest BCUT2D eigenvalue weighted by molar-refractivity contribution is 1.18. The molecule has 2 nitrogen and oxygen atoms in total. The number of aromatic nitrogens is 1. The molecule has 0 atom stereocenters. The fourth-order valence-electron chi connectivity index (χ4n) is 7.51. The zero-order valence-electron chi connectivity index (χ0n) is 38.2. The first kappa shape index (κ1) is 25.6. The second-order valence-electron chi connectivity index (χ2n) is 13.5. The van der Waals surface area contributed by atoms with Crippen molar-refractivity contribution in [2.24, 2.45) is 0 Å². The summed E-state index contributed by atoms with van der Waals surface area (Å²) in [5, 5.41) is 2.24. The zero-order chi connectivity index (χ0) is 44.2. The van der Waals surface area contributed by atoms with E-state index in [1.54, 1.807) is 54.6 Å². The number of hydrogen-bond donors (Lipinski definition) is 0. The molecule has 0 spiro atoms. The van der Waals surface area contributed by atoms with Gasteiger partial charge in [-0.25, -0.2) is 0 Å². The molecule has 0 N–H and O–H groups in total. The van der Waals surface area contributed by atoms with E-state index in [1.165, 1.54) is 4.90 Å². The van der Waals surface area contributed by atoms with E-state index >= 15 is 0 Å². The maximum Gasteiger partial charge on any atom is 0.0645 e. The molecule has 0 amide bonds. The molecule has 10 rings (SSSR count). The van der Waals surface area contributed by atoms with Crippen molar-refractivity contribution in [3.8, 4) is 50.2 Å². The first-order chi connectivity index (χ1) is 31.1. The molecule has 0 aliphatic rings. The van der Waals surface area contributed by atoms with Crippen molar-refractivity contribution >= 4 is 38.9 Å². The summed E-state index contributed by atoms with van der Waals surface area (Å²) in [6.45, 7) is 0. The largest absolute Gasteiger partial charge is 0.310 e. The highest BCUT2D eigenvalue weighted by molar-refractivity contribution is 6.15. The second kappa shape index (κ2) is 14.4. The van der Waals surface area contributed by atoms with Gasteiger partial charge in [-0.2, -0.15) is 0 Å². The molecule has 0 fully saturated rings. The molecule has 2 heteroatoms. The number of fused-ring (bicyclic) bond motifs is 3. The third kappa shape index (κ3) is 6.14. The molecule has 0 saturated heterocycles. The standard InChI is InChI=1S/C54H38N2/c1-4-15-39(16-5-1)41-29-33-47(34-30-41)55(48-35-31-42(32-36-48)40-17-6-2-7-18-40)49-24-13-20-44(38-49)43-19-12-21-45(37-43)50-26-14-28-53-54(50)51-25-10-11-27-52(51)56(53)46-22-8-3-9-23-46/h1-38H/i29D,30D,31D,32D,33D,34D,35D,36D. The van der Waals surface area contributed by atoms with Crippen molar-refractivity contribution in [2.75, 3.05) is 4.90 Å². The van der Waals surface area contributed by atoms with E-state index < -0.39 is 0 Å². The molecule has 56 heavy (non-hydrogen) atoms. The molecule has 10 aromatic rings. The monoisotopic (exact) mass is 722 g/mol. The number of hydrogen-bond acceptors (Lipinski definition) is 1.